The molecule has 4 rings (SSSR count). The Morgan fingerprint density at radius 2 is 1.70 bits per heavy atom. The maximum Gasteiger partial charge on any atom is 0.243 e. The average Bonchev–Trinajstić information content (AvgIpc) is 3.57. The number of morpholine rings is 1. The van der Waals surface area contributed by atoms with Gasteiger partial charge in [-0.25, -0.2) is 0 Å². The Balaban J connectivity index is 1.33. The third kappa shape index (κ3) is 4.52. The molecule has 2 amide bonds. The normalized spacial score (nSPS) is 17.3. The Morgan fingerprint density at radius 3 is 2.30 bits per heavy atom. The lowest BCUT2D eigenvalue weighted by Gasteiger charge is -2.29. The molecule has 0 radical (unpaired) electrons. The van der Waals surface area contributed by atoms with E-state index < -0.39 is 5.41 Å². The predicted octanol–water partition coefficient (Wildman–Crippen LogP) is 3.41. The first kappa shape index (κ1) is 20.9. The largest absolute Gasteiger partial charge is 0.378 e. The monoisotopic (exact) mass is 471 g/mol. The van der Waals surface area contributed by atoms with Crippen LogP contribution in [0.1, 0.15) is 18.4 Å². The van der Waals surface area contributed by atoms with Crippen LogP contribution in [0.3, 0.4) is 0 Å². The minimum Gasteiger partial charge on any atom is -0.378 e. The molecule has 1 N–H and O–H groups in total. The first-order valence-electron chi connectivity index (χ1n) is 10.2. The van der Waals surface area contributed by atoms with Gasteiger partial charge in [-0.1, -0.05) is 28.1 Å². The number of benzene rings is 2. The van der Waals surface area contributed by atoms with Gasteiger partial charge in [0.1, 0.15) is 0 Å². The molecule has 7 heteroatoms. The lowest BCUT2D eigenvalue weighted by Crippen LogP contribution is -2.41. The van der Waals surface area contributed by atoms with Gasteiger partial charge in [-0.15, -0.1) is 0 Å². The fourth-order valence-electron chi connectivity index (χ4n) is 3.95. The Kier molecular flexibility index (Phi) is 6.11. The summed E-state index contributed by atoms with van der Waals surface area (Å²) in [5.41, 5.74) is 2.39. The Labute approximate surface area is 185 Å². The number of nitrogens with zero attached hydrogens (tertiary/aromatic N) is 2. The number of nitrogens with one attached hydrogen (secondary N) is 1. The summed E-state index contributed by atoms with van der Waals surface area (Å²) in [5, 5.41) is 2.89. The quantitative estimate of drug-likeness (QED) is 0.700. The minimum absolute atomic E-state index is 0.00244. The van der Waals surface area contributed by atoms with Crippen LogP contribution >= 0.6 is 15.9 Å². The Hall–Kier alpha value is -2.38. The number of rotatable bonds is 6. The maximum absolute atomic E-state index is 13.0. The highest BCUT2D eigenvalue weighted by molar-refractivity contribution is 9.10. The molecule has 0 spiro atoms. The molecule has 1 saturated carbocycles. The summed E-state index contributed by atoms with van der Waals surface area (Å²) in [6.45, 7) is 3.25. The SMILES string of the molecule is CN(CC(=O)Nc1ccc(N2CCOCC2)cc1)C(=O)C1(c2ccc(Br)cc2)CC1. The van der Waals surface area contributed by atoms with Gasteiger partial charge in [0.2, 0.25) is 11.8 Å². The minimum atomic E-state index is -0.477. The van der Waals surface area contributed by atoms with Crippen LogP contribution in [0.25, 0.3) is 0 Å². The van der Waals surface area contributed by atoms with Crippen molar-refractivity contribution in [3.63, 3.8) is 0 Å². The van der Waals surface area contributed by atoms with Gasteiger partial charge in [-0.3, -0.25) is 9.59 Å². The molecule has 0 atom stereocenters. The summed E-state index contributed by atoms with van der Waals surface area (Å²) >= 11 is 3.43. The van der Waals surface area contributed by atoms with E-state index in [4.69, 9.17) is 4.74 Å². The van der Waals surface area contributed by atoms with E-state index in [-0.39, 0.29) is 18.4 Å². The highest BCUT2D eigenvalue weighted by Crippen LogP contribution is 2.49. The average molecular weight is 472 g/mol. The molecule has 1 saturated heterocycles. The van der Waals surface area contributed by atoms with E-state index in [1.807, 2.05) is 48.5 Å². The summed E-state index contributed by atoms with van der Waals surface area (Å²) in [6.07, 6.45) is 1.64. The third-order valence-corrected chi connectivity index (χ3v) is 6.34. The van der Waals surface area contributed by atoms with Crippen molar-refractivity contribution in [1.82, 2.24) is 4.90 Å². The molecular formula is C23H26BrN3O3. The summed E-state index contributed by atoms with van der Waals surface area (Å²) < 4.78 is 6.37. The standard InChI is InChI=1S/C23H26BrN3O3/c1-26(22(29)23(10-11-23)17-2-4-18(24)5-3-17)16-21(28)25-19-6-8-20(9-7-19)27-12-14-30-15-13-27/h2-9H,10-16H2,1H3,(H,25,28). The van der Waals surface area contributed by atoms with Gasteiger partial charge in [0.05, 0.1) is 25.2 Å². The first-order valence-corrected chi connectivity index (χ1v) is 11.0. The Bertz CT molecular complexity index is 904. The first-order chi connectivity index (χ1) is 14.5. The van der Waals surface area contributed by atoms with Crippen LogP contribution in [-0.4, -0.2) is 56.6 Å². The number of hydrogen-bond acceptors (Lipinski definition) is 4. The van der Waals surface area contributed by atoms with Crippen molar-refractivity contribution in [3.05, 3.63) is 58.6 Å². The Morgan fingerprint density at radius 1 is 1.07 bits per heavy atom. The van der Waals surface area contributed by atoms with E-state index in [1.165, 1.54) is 4.90 Å². The van der Waals surface area contributed by atoms with Crippen LogP contribution in [0.4, 0.5) is 11.4 Å². The number of amides is 2. The second kappa shape index (κ2) is 8.78. The molecule has 2 aliphatic rings. The molecule has 2 aromatic rings. The molecule has 1 aliphatic heterocycles. The molecule has 2 fully saturated rings. The smallest absolute Gasteiger partial charge is 0.243 e. The summed E-state index contributed by atoms with van der Waals surface area (Å²) in [7, 11) is 1.70. The van der Waals surface area contributed by atoms with Crippen LogP contribution in [-0.2, 0) is 19.7 Å². The van der Waals surface area contributed by atoms with Crippen LogP contribution in [0.2, 0.25) is 0 Å². The molecule has 6 nitrogen and oxygen atoms in total. The molecule has 0 aromatic heterocycles. The number of carbonyl (C=O) groups is 2. The van der Waals surface area contributed by atoms with Crippen LogP contribution in [0.15, 0.2) is 53.0 Å². The fourth-order valence-corrected chi connectivity index (χ4v) is 4.21. The van der Waals surface area contributed by atoms with Crippen molar-refractivity contribution < 1.29 is 14.3 Å². The van der Waals surface area contributed by atoms with E-state index in [0.29, 0.717) is 0 Å². The van der Waals surface area contributed by atoms with E-state index in [1.54, 1.807) is 7.05 Å². The molecule has 1 heterocycles. The molecule has 158 valence electrons. The van der Waals surface area contributed by atoms with Gasteiger partial charge in [-0.2, -0.15) is 0 Å². The fraction of sp³-hybridized carbons (Fsp3) is 0.391. The molecule has 30 heavy (non-hydrogen) atoms. The van der Waals surface area contributed by atoms with E-state index in [9.17, 15) is 9.59 Å². The zero-order chi connectivity index (χ0) is 21.1. The summed E-state index contributed by atoms with van der Waals surface area (Å²) in [4.78, 5) is 29.3. The van der Waals surface area contributed by atoms with Crippen molar-refractivity contribution in [2.24, 2.45) is 0 Å². The predicted molar refractivity (Wildman–Crippen MR) is 121 cm³/mol. The van der Waals surface area contributed by atoms with E-state index >= 15 is 0 Å². The van der Waals surface area contributed by atoms with Crippen molar-refractivity contribution in [3.8, 4) is 0 Å². The number of likely N-dealkylation sites (N-methyl/N-ethyl adjacent to an activating group) is 1. The highest BCUT2D eigenvalue weighted by atomic mass is 79.9. The highest BCUT2D eigenvalue weighted by Gasteiger charge is 2.52. The lowest BCUT2D eigenvalue weighted by molar-refractivity contribution is -0.135. The molecule has 2 aromatic carbocycles. The van der Waals surface area contributed by atoms with Crippen molar-refractivity contribution in [2.75, 3.05) is 50.1 Å². The lowest BCUT2D eigenvalue weighted by atomic mass is 9.94. The van der Waals surface area contributed by atoms with Gasteiger partial charge in [0.15, 0.2) is 0 Å². The van der Waals surface area contributed by atoms with Crippen molar-refractivity contribution in [1.29, 1.82) is 0 Å². The van der Waals surface area contributed by atoms with Gasteiger partial charge in [0, 0.05) is 36.0 Å². The van der Waals surface area contributed by atoms with Crippen LogP contribution in [0.5, 0.6) is 0 Å². The van der Waals surface area contributed by atoms with Gasteiger partial charge in [0.25, 0.3) is 0 Å². The topological polar surface area (TPSA) is 61.9 Å². The molecule has 0 bridgehead atoms. The number of anilines is 2. The van der Waals surface area contributed by atoms with Gasteiger partial charge in [-0.05, 0) is 54.8 Å². The van der Waals surface area contributed by atoms with Crippen molar-refractivity contribution >= 4 is 39.1 Å². The third-order valence-electron chi connectivity index (χ3n) is 5.81. The van der Waals surface area contributed by atoms with Crippen molar-refractivity contribution in [2.45, 2.75) is 18.3 Å². The number of halogens is 1. The maximum atomic E-state index is 13.0. The number of hydrogen-bond donors (Lipinski definition) is 1. The second-order valence-electron chi connectivity index (χ2n) is 7.94. The number of ether oxygens (including phenoxy) is 1. The van der Waals surface area contributed by atoms with Crippen LogP contribution < -0.4 is 10.2 Å². The van der Waals surface area contributed by atoms with Crippen LogP contribution in [0, 0.1) is 0 Å². The van der Waals surface area contributed by atoms with Gasteiger partial charge >= 0.3 is 0 Å². The zero-order valence-electron chi connectivity index (χ0n) is 17.1. The van der Waals surface area contributed by atoms with Gasteiger partial charge < -0.3 is 19.9 Å². The summed E-state index contributed by atoms with van der Waals surface area (Å²) in [5.74, 6) is -0.195. The molecule has 1 aliphatic carbocycles. The second-order valence-corrected chi connectivity index (χ2v) is 8.86. The van der Waals surface area contributed by atoms with E-state index in [0.717, 1.165) is 60.6 Å². The molecule has 0 unspecified atom stereocenters. The number of carbonyl (C=O) groups excluding carboxylic acids is 2. The van der Waals surface area contributed by atoms with E-state index in [2.05, 4.69) is 26.1 Å². The zero-order valence-corrected chi connectivity index (χ0v) is 18.7. The summed E-state index contributed by atoms with van der Waals surface area (Å²) in [6, 6.07) is 15.7. The molecular weight excluding hydrogens is 446 g/mol.